The SMILES string of the molecule is Cc1ccc([C@H]2[C@@H](c3ccccn3)NC(=S)N2c2cc(Cl)ccc2O)n1C. The highest BCUT2D eigenvalue weighted by molar-refractivity contribution is 7.80. The lowest BCUT2D eigenvalue weighted by Crippen LogP contribution is -2.30. The summed E-state index contributed by atoms with van der Waals surface area (Å²) in [6.07, 6.45) is 1.77. The average Bonchev–Trinajstić information content (AvgIpc) is 3.17. The second-order valence-corrected chi connectivity index (χ2v) is 7.41. The van der Waals surface area contributed by atoms with Crippen LogP contribution in [0.15, 0.2) is 54.7 Å². The Morgan fingerprint density at radius 2 is 2.00 bits per heavy atom. The summed E-state index contributed by atoms with van der Waals surface area (Å²) < 4.78 is 2.13. The Hall–Kier alpha value is -2.57. The van der Waals surface area contributed by atoms with Crippen LogP contribution in [-0.2, 0) is 7.05 Å². The number of nitrogens with one attached hydrogen (secondary N) is 1. The molecule has 1 saturated heterocycles. The zero-order valence-electron chi connectivity index (χ0n) is 14.9. The minimum atomic E-state index is -0.185. The van der Waals surface area contributed by atoms with Crippen LogP contribution in [0.1, 0.15) is 29.2 Å². The Bertz CT molecular complexity index is 1000. The first kappa shape index (κ1) is 17.8. The first-order valence-corrected chi connectivity index (χ1v) is 9.37. The van der Waals surface area contributed by atoms with Crippen LogP contribution in [0.2, 0.25) is 5.02 Å². The van der Waals surface area contributed by atoms with Crippen molar-refractivity contribution in [3.63, 3.8) is 0 Å². The zero-order chi connectivity index (χ0) is 19.1. The number of phenolic OH excluding ortho intramolecular Hbond substituents is 1. The molecule has 1 fully saturated rings. The number of aryl methyl sites for hydroxylation is 1. The van der Waals surface area contributed by atoms with E-state index in [-0.39, 0.29) is 17.8 Å². The van der Waals surface area contributed by atoms with Crippen molar-refractivity contribution in [1.29, 1.82) is 0 Å². The monoisotopic (exact) mass is 398 g/mol. The third-order valence-electron chi connectivity index (χ3n) is 5.01. The number of phenols is 1. The van der Waals surface area contributed by atoms with Gasteiger partial charge in [-0.05, 0) is 61.6 Å². The summed E-state index contributed by atoms with van der Waals surface area (Å²) in [5, 5.41) is 14.9. The van der Waals surface area contributed by atoms with E-state index < -0.39 is 0 Å². The molecule has 3 aromatic rings. The second kappa shape index (κ2) is 6.87. The standard InChI is InChI=1S/C20H19ClN4OS/c1-12-6-8-15(24(12)2)19-18(14-5-3-4-10-22-14)23-20(27)25(19)16-11-13(21)7-9-17(16)26/h3-11,18-19,26H,1-2H3,(H,23,27)/t18-,19+/m1/s1. The normalized spacial score (nSPS) is 19.4. The van der Waals surface area contributed by atoms with Gasteiger partial charge in [0.25, 0.3) is 0 Å². The predicted octanol–water partition coefficient (Wildman–Crippen LogP) is 4.26. The van der Waals surface area contributed by atoms with Crippen LogP contribution < -0.4 is 10.2 Å². The first-order valence-electron chi connectivity index (χ1n) is 8.59. The molecule has 1 aromatic carbocycles. The quantitative estimate of drug-likeness (QED) is 0.645. The van der Waals surface area contributed by atoms with Crippen LogP contribution in [0.3, 0.4) is 0 Å². The van der Waals surface area contributed by atoms with E-state index in [2.05, 4.69) is 33.9 Å². The van der Waals surface area contributed by atoms with Crippen LogP contribution >= 0.6 is 23.8 Å². The Morgan fingerprint density at radius 3 is 2.67 bits per heavy atom. The number of thiocarbonyl (C=S) groups is 1. The minimum Gasteiger partial charge on any atom is -0.506 e. The number of pyridine rings is 1. The first-order chi connectivity index (χ1) is 13.0. The van der Waals surface area contributed by atoms with Crippen LogP contribution in [-0.4, -0.2) is 19.8 Å². The molecule has 2 aromatic heterocycles. The number of hydrogen-bond acceptors (Lipinski definition) is 3. The fraction of sp³-hybridized carbons (Fsp3) is 0.200. The third kappa shape index (κ3) is 3.05. The van der Waals surface area contributed by atoms with Gasteiger partial charge in [0.15, 0.2) is 5.11 Å². The number of benzene rings is 1. The lowest BCUT2D eigenvalue weighted by molar-refractivity contribution is 0.471. The molecule has 1 aliphatic heterocycles. The van der Waals surface area contributed by atoms with Gasteiger partial charge in [-0.2, -0.15) is 0 Å². The molecule has 0 spiro atoms. The molecule has 2 N–H and O–H groups in total. The molecule has 27 heavy (non-hydrogen) atoms. The van der Waals surface area contributed by atoms with Crippen LogP contribution in [0.4, 0.5) is 5.69 Å². The number of aromatic nitrogens is 2. The Morgan fingerprint density at radius 1 is 1.19 bits per heavy atom. The molecule has 2 atom stereocenters. The number of halogens is 1. The summed E-state index contributed by atoms with van der Waals surface area (Å²) in [7, 11) is 2.03. The fourth-order valence-corrected chi connectivity index (χ4v) is 4.04. The minimum absolute atomic E-state index is 0.126. The molecule has 0 aliphatic carbocycles. The van der Waals surface area contributed by atoms with Crippen LogP contribution in [0.25, 0.3) is 0 Å². The van der Waals surface area contributed by atoms with Gasteiger partial charge in [0.2, 0.25) is 0 Å². The number of anilines is 1. The summed E-state index contributed by atoms with van der Waals surface area (Å²) in [5.74, 6) is 0.126. The maximum atomic E-state index is 10.5. The van der Waals surface area contributed by atoms with Gasteiger partial charge >= 0.3 is 0 Å². The van der Waals surface area contributed by atoms with Gasteiger partial charge in [0, 0.05) is 29.7 Å². The van der Waals surface area contributed by atoms with E-state index in [0.717, 1.165) is 17.1 Å². The van der Waals surface area contributed by atoms with Crippen molar-refractivity contribution in [2.45, 2.75) is 19.0 Å². The number of nitrogens with zero attached hydrogens (tertiary/aromatic N) is 3. The third-order valence-corrected chi connectivity index (χ3v) is 5.56. The summed E-state index contributed by atoms with van der Waals surface area (Å²) in [5.41, 5.74) is 3.66. The van der Waals surface area contributed by atoms with Crippen LogP contribution in [0.5, 0.6) is 5.75 Å². The van der Waals surface area contributed by atoms with E-state index in [9.17, 15) is 5.11 Å². The molecule has 7 heteroatoms. The topological polar surface area (TPSA) is 53.3 Å². The van der Waals surface area contributed by atoms with Crippen molar-refractivity contribution < 1.29 is 5.11 Å². The number of hydrogen-bond donors (Lipinski definition) is 2. The molecule has 0 amide bonds. The van der Waals surface area contributed by atoms with Crippen molar-refractivity contribution in [3.05, 3.63) is 76.8 Å². The number of aromatic hydroxyl groups is 1. The Balaban J connectivity index is 1.90. The fourth-order valence-electron chi connectivity index (χ4n) is 3.53. The molecule has 4 rings (SSSR count). The molecule has 1 aliphatic rings. The summed E-state index contributed by atoms with van der Waals surface area (Å²) >= 11 is 11.9. The van der Waals surface area contributed by atoms with Crippen molar-refractivity contribution >= 4 is 34.6 Å². The molecule has 0 unspecified atom stereocenters. The van der Waals surface area contributed by atoms with Gasteiger partial charge in [-0.1, -0.05) is 17.7 Å². The maximum absolute atomic E-state index is 10.5. The van der Waals surface area contributed by atoms with Crippen LogP contribution in [0, 0.1) is 6.92 Å². The predicted molar refractivity (Wildman–Crippen MR) is 111 cm³/mol. The molecule has 0 radical (unpaired) electrons. The van der Waals surface area contributed by atoms with Crippen molar-refractivity contribution in [3.8, 4) is 5.75 Å². The highest BCUT2D eigenvalue weighted by Crippen LogP contribution is 2.44. The maximum Gasteiger partial charge on any atom is 0.174 e. The van der Waals surface area contributed by atoms with Gasteiger partial charge in [-0.25, -0.2) is 0 Å². The van der Waals surface area contributed by atoms with E-state index >= 15 is 0 Å². The zero-order valence-corrected chi connectivity index (χ0v) is 16.5. The van der Waals surface area contributed by atoms with Gasteiger partial charge in [-0.15, -0.1) is 0 Å². The summed E-state index contributed by atoms with van der Waals surface area (Å²) in [6, 6.07) is 14.6. The Labute approximate surface area is 168 Å². The molecule has 5 nitrogen and oxygen atoms in total. The smallest absolute Gasteiger partial charge is 0.174 e. The van der Waals surface area contributed by atoms with Gasteiger partial charge in [-0.3, -0.25) is 4.98 Å². The van der Waals surface area contributed by atoms with E-state index in [1.807, 2.05) is 30.1 Å². The summed E-state index contributed by atoms with van der Waals surface area (Å²) in [4.78, 5) is 6.45. The molecular formula is C20H19ClN4OS. The average molecular weight is 399 g/mol. The van der Waals surface area contributed by atoms with E-state index in [4.69, 9.17) is 23.8 Å². The van der Waals surface area contributed by atoms with Crippen molar-refractivity contribution in [2.75, 3.05) is 4.90 Å². The highest BCUT2D eigenvalue weighted by Gasteiger charge is 2.42. The summed E-state index contributed by atoms with van der Waals surface area (Å²) in [6.45, 7) is 2.06. The van der Waals surface area contributed by atoms with E-state index in [0.29, 0.717) is 15.8 Å². The van der Waals surface area contributed by atoms with Gasteiger partial charge in [0.05, 0.1) is 17.4 Å². The highest BCUT2D eigenvalue weighted by atomic mass is 35.5. The van der Waals surface area contributed by atoms with E-state index in [1.54, 1.807) is 24.4 Å². The molecular weight excluding hydrogens is 380 g/mol. The molecule has 0 saturated carbocycles. The second-order valence-electron chi connectivity index (χ2n) is 6.59. The largest absolute Gasteiger partial charge is 0.506 e. The van der Waals surface area contributed by atoms with Crippen molar-refractivity contribution in [1.82, 2.24) is 14.9 Å². The number of rotatable bonds is 3. The lowest BCUT2D eigenvalue weighted by atomic mass is 10.0. The Kier molecular flexibility index (Phi) is 4.53. The van der Waals surface area contributed by atoms with Gasteiger partial charge < -0.3 is 19.9 Å². The van der Waals surface area contributed by atoms with Gasteiger partial charge in [0.1, 0.15) is 11.8 Å². The molecule has 138 valence electrons. The van der Waals surface area contributed by atoms with Crippen molar-refractivity contribution in [2.24, 2.45) is 7.05 Å². The van der Waals surface area contributed by atoms with E-state index in [1.165, 1.54) is 0 Å². The molecule has 3 heterocycles. The molecule has 0 bridgehead atoms. The lowest BCUT2D eigenvalue weighted by Gasteiger charge is -2.29.